The first-order valence-electron chi connectivity index (χ1n) is 6.37. The van der Waals surface area contributed by atoms with E-state index in [0.29, 0.717) is 13.2 Å². The third-order valence-corrected chi connectivity index (χ3v) is 3.12. The van der Waals surface area contributed by atoms with Crippen LogP contribution in [0.25, 0.3) is 0 Å². The van der Waals surface area contributed by atoms with Crippen molar-refractivity contribution in [3.05, 3.63) is 59.7 Å². The number of hydrogen-bond donors (Lipinski definition) is 2. The molecule has 0 fully saturated rings. The van der Waals surface area contributed by atoms with Crippen molar-refractivity contribution in [2.24, 2.45) is 5.73 Å². The SMILES string of the molecule is Cc1ccc(OCC(CN)c2ccc(O)cc2)cc1. The molecule has 3 N–H and O–H groups in total. The molecule has 1 unspecified atom stereocenters. The van der Waals surface area contributed by atoms with E-state index in [1.54, 1.807) is 12.1 Å². The minimum atomic E-state index is 0.127. The Bertz CT molecular complexity index is 505. The Kier molecular flexibility index (Phi) is 4.42. The molecule has 2 aromatic rings. The van der Waals surface area contributed by atoms with E-state index in [0.717, 1.165) is 11.3 Å². The molecule has 0 bridgehead atoms. The van der Waals surface area contributed by atoms with Gasteiger partial charge in [-0.05, 0) is 36.8 Å². The number of rotatable bonds is 5. The number of aromatic hydroxyl groups is 1. The normalized spacial score (nSPS) is 12.1. The standard InChI is InChI=1S/C16H19NO2/c1-12-2-8-16(9-3-12)19-11-14(10-17)13-4-6-15(18)7-5-13/h2-9,14,18H,10-11,17H2,1H3. The van der Waals surface area contributed by atoms with Gasteiger partial charge in [-0.15, -0.1) is 0 Å². The van der Waals surface area contributed by atoms with Gasteiger partial charge >= 0.3 is 0 Å². The van der Waals surface area contributed by atoms with E-state index in [2.05, 4.69) is 0 Å². The number of hydrogen-bond acceptors (Lipinski definition) is 3. The molecule has 0 saturated heterocycles. The molecule has 0 radical (unpaired) electrons. The van der Waals surface area contributed by atoms with Crippen LogP contribution in [0, 0.1) is 6.92 Å². The number of aryl methyl sites for hydroxylation is 1. The minimum Gasteiger partial charge on any atom is -0.508 e. The summed E-state index contributed by atoms with van der Waals surface area (Å²) < 4.78 is 5.76. The van der Waals surface area contributed by atoms with Crippen LogP contribution in [0.3, 0.4) is 0 Å². The molecular weight excluding hydrogens is 238 g/mol. The second-order valence-electron chi connectivity index (χ2n) is 4.65. The summed E-state index contributed by atoms with van der Waals surface area (Å²) in [5.41, 5.74) is 8.07. The summed E-state index contributed by atoms with van der Waals surface area (Å²) in [5.74, 6) is 1.24. The molecule has 100 valence electrons. The zero-order valence-corrected chi connectivity index (χ0v) is 11.0. The molecule has 0 heterocycles. The van der Waals surface area contributed by atoms with E-state index in [-0.39, 0.29) is 11.7 Å². The van der Waals surface area contributed by atoms with Gasteiger partial charge in [-0.3, -0.25) is 0 Å². The van der Waals surface area contributed by atoms with Crippen LogP contribution in [0.1, 0.15) is 17.0 Å². The Balaban J connectivity index is 1.99. The maximum atomic E-state index is 9.28. The Morgan fingerprint density at radius 3 is 2.26 bits per heavy atom. The smallest absolute Gasteiger partial charge is 0.119 e. The summed E-state index contributed by atoms with van der Waals surface area (Å²) in [6.07, 6.45) is 0. The molecule has 2 rings (SSSR count). The van der Waals surface area contributed by atoms with E-state index in [4.69, 9.17) is 10.5 Å². The summed E-state index contributed by atoms with van der Waals surface area (Å²) in [6.45, 7) is 3.09. The summed E-state index contributed by atoms with van der Waals surface area (Å²) in [6, 6.07) is 15.1. The maximum Gasteiger partial charge on any atom is 0.119 e. The minimum absolute atomic E-state index is 0.127. The topological polar surface area (TPSA) is 55.5 Å². The van der Waals surface area contributed by atoms with Gasteiger partial charge in [0.05, 0.1) is 6.61 Å². The molecule has 2 aromatic carbocycles. The monoisotopic (exact) mass is 257 g/mol. The predicted molar refractivity (Wildman–Crippen MR) is 76.6 cm³/mol. The number of benzene rings is 2. The van der Waals surface area contributed by atoms with Gasteiger partial charge in [-0.1, -0.05) is 29.8 Å². The lowest BCUT2D eigenvalue weighted by Gasteiger charge is -2.16. The van der Waals surface area contributed by atoms with E-state index >= 15 is 0 Å². The van der Waals surface area contributed by atoms with Gasteiger partial charge in [0.1, 0.15) is 11.5 Å². The molecule has 0 aromatic heterocycles. The molecule has 0 amide bonds. The van der Waals surface area contributed by atoms with Gasteiger partial charge in [-0.25, -0.2) is 0 Å². The largest absolute Gasteiger partial charge is 0.508 e. The fourth-order valence-corrected chi connectivity index (χ4v) is 1.88. The fourth-order valence-electron chi connectivity index (χ4n) is 1.88. The lowest BCUT2D eigenvalue weighted by atomic mass is 10.0. The van der Waals surface area contributed by atoms with Crippen LogP contribution >= 0.6 is 0 Å². The lowest BCUT2D eigenvalue weighted by Crippen LogP contribution is -2.19. The van der Waals surface area contributed by atoms with Gasteiger partial charge in [0.2, 0.25) is 0 Å². The van der Waals surface area contributed by atoms with Crippen LogP contribution in [-0.4, -0.2) is 18.3 Å². The van der Waals surface area contributed by atoms with Crippen LogP contribution in [0.2, 0.25) is 0 Å². The molecule has 0 saturated carbocycles. The highest BCUT2D eigenvalue weighted by molar-refractivity contribution is 5.29. The first-order chi connectivity index (χ1) is 9.19. The van der Waals surface area contributed by atoms with Crippen molar-refractivity contribution in [2.45, 2.75) is 12.8 Å². The van der Waals surface area contributed by atoms with Gasteiger partial charge < -0.3 is 15.6 Å². The van der Waals surface area contributed by atoms with Gasteiger partial charge in [-0.2, -0.15) is 0 Å². The van der Waals surface area contributed by atoms with Crippen LogP contribution in [0.15, 0.2) is 48.5 Å². The maximum absolute atomic E-state index is 9.28. The number of nitrogens with two attached hydrogens (primary N) is 1. The molecule has 19 heavy (non-hydrogen) atoms. The quantitative estimate of drug-likeness (QED) is 0.866. The number of ether oxygens (including phenoxy) is 1. The Labute approximate surface area is 113 Å². The predicted octanol–water partition coefficient (Wildman–Crippen LogP) is 2.82. The first kappa shape index (κ1) is 13.4. The Hall–Kier alpha value is -2.00. The van der Waals surface area contributed by atoms with Crippen molar-refractivity contribution in [3.8, 4) is 11.5 Å². The summed E-state index contributed by atoms with van der Waals surface area (Å²) in [4.78, 5) is 0. The summed E-state index contributed by atoms with van der Waals surface area (Å²) >= 11 is 0. The second-order valence-corrected chi connectivity index (χ2v) is 4.65. The van der Waals surface area contributed by atoms with Crippen molar-refractivity contribution in [2.75, 3.05) is 13.2 Å². The van der Waals surface area contributed by atoms with Crippen molar-refractivity contribution < 1.29 is 9.84 Å². The molecule has 3 heteroatoms. The average molecular weight is 257 g/mol. The summed E-state index contributed by atoms with van der Waals surface area (Å²) in [5, 5.41) is 9.28. The van der Waals surface area contributed by atoms with E-state index in [1.165, 1.54) is 5.56 Å². The second kappa shape index (κ2) is 6.25. The van der Waals surface area contributed by atoms with Gasteiger partial charge in [0, 0.05) is 12.5 Å². The molecule has 0 aliphatic rings. The van der Waals surface area contributed by atoms with E-state index < -0.39 is 0 Å². The molecule has 0 aliphatic carbocycles. The molecular formula is C16H19NO2. The highest BCUT2D eigenvalue weighted by Crippen LogP contribution is 2.20. The lowest BCUT2D eigenvalue weighted by molar-refractivity contribution is 0.290. The molecule has 0 aliphatic heterocycles. The third kappa shape index (κ3) is 3.73. The van der Waals surface area contributed by atoms with E-state index in [9.17, 15) is 5.11 Å². The first-order valence-corrected chi connectivity index (χ1v) is 6.37. The van der Waals surface area contributed by atoms with Crippen LogP contribution in [0.5, 0.6) is 11.5 Å². The molecule has 1 atom stereocenters. The van der Waals surface area contributed by atoms with E-state index in [1.807, 2.05) is 43.3 Å². The zero-order valence-electron chi connectivity index (χ0n) is 11.0. The highest BCUT2D eigenvalue weighted by atomic mass is 16.5. The summed E-state index contributed by atoms with van der Waals surface area (Å²) in [7, 11) is 0. The van der Waals surface area contributed by atoms with Gasteiger partial charge in [0.25, 0.3) is 0 Å². The van der Waals surface area contributed by atoms with Gasteiger partial charge in [0.15, 0.2) is 0 Å². The fraction of sp³-hybridized carbons (Fsp3) is 0.250. The average Bonchev–Trinajstić information content (AvgIpc) is 2.43. The van der Waals surface area contributed by atoms with Crippen LogP contribution < -0.4 is 10.5 Å². The van der Waals surface area contributed by atoms with Crippen LogP contribution in [0.4, 0.5) is 0 Å². The molecule has 3 nitrogen and oxygen atoms in total. The van der Waals surface area contributed by atoms with Crippen molar-refractivity contribution in [1.82, 2.24) is 0 Å². The Morgan fingerprint density at radius 2 is 1.68 bits per heavy atom. The third-order valence-electron chi connectivity index (χ3n) is 3.12. The van der Waals surface area contributed by atoms with Crippen molar-refractivity contribution in [3.63, 3.8) is 0 Å². The zero-order chi connectivity index (χ0) is 13.7. The molecule has 0 spiro atoms. The van der Waals surface area contributed by atoms with Crippen molar-refractivity contribution in [1.29, 1.82) is 0 Å². The number of phenolic OH excluding ortho intramolecular Hbond substituents is 1. The van der Waals surface area contributed by atoms with Crippen LogP contribution in [-0.2, 0) is 0 Å². The highest BCUT2D eigenvalue weighted by Gasteiger charge is 2.10. The van der Waals surface area contributed by atoms with Crippen molar-refractivity contribution >= 4 is 0 Å². The number of phenols is 1. The Morgan fingerprint density at radius 1 is 1.05 bits per heavy atom.